The van der Waals surface area contributed by atoms with Gasteiger partial charge in [0.05, 0.1) is 19.1 Å². The van der Waals surface area contributed by atoms with E-state index in [1.54, 1.807) is 7.05 Å². The Hall–Kier alpha value is -1.47. The highest BCUT2D eigenvalue weighted by molar-refractivity contribution is 5.91. The van der Waals surface area contributed by atoms with Crippen molar-refractivity contribution in [2.24, 2.45) is 18.7 Å². The second-order valence-electron chi connectivity index (χ2n) is 3.50. The molecule has 0 saturated carbocycles. The zero-order chi connectivity index (χ0) is 10.8. The van der Waals surface area contributed by atoms with E-state index in [2.05, 4.69) is 15.4 Å². The second kappa shape index (κ2) is 3.95. The van der Waals surface area contributed by atoms with E-state index < -0.39 is 0 Å². The fourth-order valence-corrected chi connectivity index (χ4v) is 1.45. The van der Waals surface area contributed by atoms with Gasteiger partial charge in [0.25, 0.3) is 0 Å². The van der Waals surface area contributed by atoms with E-state index in [0.717, 1.165) is 0 Å². The van der Waals surface area contributed by atoms with Crippen LogP contribution in [-0.2, 0) is 16.6 Å². The molecule has 0 aromatic carbocycles. The lowest BCUT2D eigenvalue weighted by atomic mass is 10.0. The topological polar surface area (TPSA) is 95.1 Å². The standard InChI is InChI=1S/C8H13N5O2/c1-13-8(10-4-11-13)12-7(14)5-2-15-3-6(5)9/h4-6H,2-3,9H2,1H3,(H,10,11,12,14). The van der Waals surface area contributed by atoms with Crippen molar-refractivity contribution in [2.45, 2.75) is 6.04 Å². The van der Waals surface area contributed by atoms with E-state index in [9.17, 15) is 4.79 Å². The molecule has 3 N–H and O–H groups in total. The number of anilines is 1. The number of ether oxygens (including phenoxy) is 1. The Bertz CT molecular complexity index is 364. The first-order chi connectivity index (χ1) is 7.18. The maximum Gasteiger partial charge on any atom is 0.233 e. The molecule has 2 unspecified atom stereocenters. The number of rotatable bonds is 2. The quantitative estimate of drug-likeness (QED) is 0.635. The zero-order valence-corrected chi connectivity index (χ0v) is 8.38. The van der Waals surface area contributed by atoms with Crippen LogP contribution < -0.4 is 11.1 Å². The number of aromatic nitrogens is 3. The van der Waals surface area contributed by atoms with Crippen molar-refractivity contribution in [3.63, 3.8) is 0 Å². The number of hydrogen-bond acceptors (Lipinski definition) is 5. The number of nitrogens with one attached hydrogen (secondary N) is 1. The maximum atomic E-state index is 11.7. The van der Waals surface area contributed by atoms with E-state index in [-0.39, 0.29) is 17.9 Å². The van der Waals surface area contributed by atoms with Gasteiger partial charge in [-0.1, -0.05) is 0 Å². The molecule has 7 heteroatoms. The van der Waals surface area contributed by atoms with Crippen LogP contribution in [-0.4, -0.2) is 39.9 Å². The third-order valence-corrected chi connectivity index (χ3v) is 2.41. The van der Waals surface area contributed by atoms with Crippen molar-refractivity contribution in [3.8, 4) is 0 Å². The minimum atomic E-state index is -0.304. The summed E-state index contributed by atoms with van der Waals surface area (Å²) in [6, 6.07) is -0.238. The molecule has 1 amide bonds. The molecule has 7 nitrogen and oxygen atoms in total. The van der Waals surface area contributed by atoms with Gasteiger partial charge in [-0.15, -0.1) is 0 Å². The first-order valence-corrected chi connectivity index (χ1v) is 4.66. The van der Waals surface area contributed by atoms with Crippen LogP contribution in [0, 0.1) is 5.92 Å². The monoisotopic (exact) mass is 211 g/mol. The Balaban J connectivity index is 2.01. The first kappa shape index (κ1) is 10.1. The highest BCUT2D eigenvalue weighted by atomic mass is 16.5. The molecular formula is C8H13N5O2. The Morgan fingerprint density at radius 2 is 2.53 bits per heavy atom. The van der Waals surface area contributed by atoms with Crippen LogP contribution in [0.15, 0.2) is 6.33 Å². The number of nitrogens with two attached hydrogens (primary N) is 1. The SMILES string of the molecule is Cn1ncnc1NC(=O)C1COCC1N. The highest BCUT2D eigenvalue weighted by Crippen LogP contribution is 2.13. The van der Waals surface area contributed by atoms with Crippen LogP contribution in [0.2, 0.25) is 0 Å². The van der Waals surface area contributed by atoms with Crippen molar-refractivity contribution in [3.05, 3.63) is 6.33 Å². The average molecular weight is 211 g/mol. The predicted molar refractivity (Wildman–Crippen MR) is 51.9 cm³/mol. The maximum absolute atomic E-state index is 11.7. The van der Waals surface area contributed by atoms with Gasteiger partial charge in [0, 0.05) is 13.1 Å². The van der Waals surface area contributed by atoms with E-state index in [4.69, 9.17) is 10.5 Å². The summed E-state index contributed by atoms with van der Waals surface area (Å²) in [6.07, 6.45) is 1.38. The highest BCUT2D eigenvalue weighted by Gasteiger charge is 2.31. The summed E-state index contributed by atoms with van der Waals surface area (Å²) in [7, 11) is 1.70. The van der Waals surface area contributed by atoms with Crippen LogP contribution in [0.25, 0.3) is 0 Å². The van der Waals surface area contributed by atoms with Gasteiger partial charge in [0.1, 0.15) is 6.33 Å². The van der Waals surface area contributed by atoms with Gasteiger partial charge in [0.2, 0.25) is 11.9 Å². The molecule has 2 heterocycles. The fraction of sp³-hybridized carbons (Fsp3) is 0.625. The molecule has 1 aliphatic heterocycles. The zero-order valence-electron chi connectivity index (χ0n) is 8.38. The molecule has 0 spiro atoms. The molecule has 0 bridgehead atoms. The number of carbonyl (C=O) groups excluding carboxylic acids is 1. The van der Waals surface area contributed by atoms with Crippen LogP contribution in [0.1, 0.15) is 0 Å². The normalized spacial score (nSPS) is 25.5. The lowest BCUT2D eigenvalue weighted by Crippen LogP contribution is -2.37. The molecular weight excluding hydrogens is 198 g/mol. The third-order valence-electron chi connectivity index (χ3n) is 2.41. The summed E-state index contributed by atoms with van der Waals surface area (Å²) in [4.78, 5) is 15.6. The number of carbonyl (C=O) groups is 1. The van der Waals surface area contributed by atoms with Gasteiger partial charge in [-0.3, -0.25) is 10.1 Å². The van der Waals surface area contributed by atoms with Crippen LogP contribution in [0.5, 0.6) is 0 Å². The van der Waals surface area contributed by atoms with Gasteiger partial charge < -0.3 is 10.5 Å². The third kappa shape index (κ3) is 1.97. The molecule has 82 valence electrons. The minimum absolute atomic E-state index is 0.170. The summed E-state index contributed by atoms with van der Waals surface area (Å²) in [5.41, 5.74) is 5.72. The molecule has 15 heavy (non-hydrogen) atoms. The summed E-state index contributed by atoms with van der Waals surface area (Å²) in [5, 5.41) is 6.50. The Morgan fingerprint density at radius 1 is 1.73 bits per heavy atom. The van der Waals surface area contributed by atoms with Crippen molar-refractivity contribution in [1.29, 1.82) is 0 Å². The molecule has 1 fully saturated rings. The van der Waals surface area contributed by atoms with Gasteiger partial charge in [-0.25, -0.2) is 4.68 Å². The molecule has 0 aliphatic carbocycles. The smallest absolute Gasteiger partial charge is 0.233 e. The number of aryl methyl sites for hydroxylation is 1. The lowest BCUT2D eigenvalue weighted by Gasteiger charge is -2.12. The van der Waals surface area contributed by atoms with Crippen molar-refractivity contribution in [2.75, 3.05) is 18.5 Å². The van der Waals surface area contributed by atoms with E-state index in [0.29, 0.717) is 19.2 Å². The molecule has 0 radical (unpaired) electrons. The van der Waals surface area contributed by atoms with Crippen LogP contribution in [0.3, 0.4) is 0 Å². The first-order valence-electron chi connectivity index (χ1n) is 4.66. The lowest BCUT2D eigenvalue weighted by molar-refractivity contribution is -0.120. The van der Waals surface area contributed by atoms with Gasteiger partial charge >= 0.3 is 0 Å². The Morgan fingerprint density at radius 3 is 3.07 bits per heavy atom. The summed E-state index contributed by atoms with van der Waals surface area (Å²) < 4.78 is 6.60. The molecule has 1 aromatic heterocycles. The van der Waals surface area contributed by atoms with E-state index in [1.807, 2.05) is 0 Å². The predicted octanol–water partition coefficient (Wildman–Crippen LogP) is -1.27. The van der Waals surface area contributed by atoms with Crippen molar-refractivity contribution < 1.29 is 9.53 Å². The summed E-state index contributed by atoms with van der Waals surface area (Å²) >= 11 is 0. The van der Waals surface area contributed by atoms with Crippen LogP contribution in [0.4, 0.5) is 5.95 Å². The van der Waals surface area contributed by atoms with Gasteiger partial charge in [-0.05, 0) is 0 Å². The Labute approximate surface area is 86.6 Å². The van der Waals surface area contributed by atoms with Crippen molar-refractivity contribution >= 4 is 11.9 Å². The van der Waals surface area contributed by atoms with Gasteiger partial charge in [-0.2, -0.15) is 10.1 Å². The second-order valence-corrected chi connectivity index (χ2v) is 3.50. The number of nitrogens with zero attached hydrogens (tertiary/aromatic N) is 3. The van der Waals surface area contributed by atoms with E-state index >= 15 is 0 Å². The van der Waals surface area contributed by atoms with Crippen LogP contribution >= 0.6 is 0 Å². The number of amides is 1. The molecule has 2 rings (SSSR count). The fourth-order valence-electron chi connectivity index (χ4n) is 1.45. The Kier molecular flexibility index (Phi) is 2.65. The molecule has 1 aliphatic rings. The minimum Gasteiger partial charge on any atom is -0.379 e. The summed E-state index contributed by atoms with van der Waals surface area (Å²) in [6.45, 7) is 0.793. The average Bonchev–Trinajstić information content (AvgIpc) is 2.76. The molecule has 1 aromatic rings. The largest absolute Gasteiger partial charge is 0.379 e. The van der Waals surface area contributed by atoms with Crippen molar-refractivity contribution in [1.82, 2.24) is 14.8 Å². The number of hydrogen-bond donors (Lipinski definition) is 2. The molecule has 1 saturated heterocycles. The van der Waals surface area contributed by atoms with Gasteiger partial charge in [0.15, 0.2) is 0 Å². The van der Waals surface area contributed by atoms with E-state index in [1.165, 1.54) is 11.0 Å². The summed E-state index contributed by atoms with van der Waals surface area (Å²) in [5.74, 6) is -0.0584. The molecule has 2 atom stereocenters.